The standard InChI is InChI=1S/C16H22N4O/c1-12(17)8-9-16(21)18-15-10-13(2)19-20(15)11-14-6-4-3-5-7-14/h3-7,10,12H,8-9,11,17H2,1-2H3,(H,18,21). The summed E-state index contributed by atoms with van der Waals surface area (Å²) in [5.74, 6) is 0.701. The Kier molecular flexibility index (Phi) is 5.11. The third kappa shape index (κ3) is 4.72. The first kappa shape index (κ1) is 15.3. The first-order valence-electron chi connectivity index (χ1n) is 7.18. The van der Waals surface area contributed by atoms with E-state index in [4.69, 9.17) is 5.73 Å². The smallest absolute Gasteiger partial charge is 0.225 e. The third-order valence-corrected chi connectivity index (χ3v) is 3.17. The summed E-state index contributed by atoms with van der Waals surface area (Å²) in [4.78, 5) is 11.9. The van der Waals surface area contributed by atoms with Crippen LogP contribution < -0.4 is 11.1 Å². The van der Waals surface area contributed by atoms with Gasteiger partial charge in [-0.2, -0.15) is 5.10 Å². The summed E-state index contributed by atoms with van der Waals surface area (Å²) in [6.45, 7) is 4.45. The number of aryl methyl sites for hydroxylation is 1. The van der Waals surface area contributed by atoms with E-state index in [0.717, 1.165) is 17.1 Å². The van der Waals surface area contributed by atoms with Crippen molar-refractivity contribution in [1.29, 1.82) is 0 Å². The zero-order valence-corrected chi connectivity index (χ0v) is 12.5. The van der Waals surface area contributed by atoms with Gasteiger partial charge in [0.05, 0.1) is 12.2 Å². The number of anilines is 1. The van der Waals surface area contributed by atoms with E-state index in [2.05, 4.69) is 10.4 Å². The Morgan fingerprint density at radius 3 is 2.76 bits per heavy atom. The van der Waals surface area contributed by atoms with E-state index in [9.17, 15) is 4.79 Å². The molecule has 0 saturated carbocycles. The number of carbonyl (C=O) groups excluding carboxylic acids is 1. The average molecular weight is 286 g/mol. The molecule has 0 saturated heterocycles. The Labute approximate surface area is 125 Å². The molecule has 1 heterocycles. The van der Waals surface area contributed by atoms with Crippen molar-refractivity contribution in [2.45, 2.75) is 39.3 Å². The second-order valence-corrected chi connectivity index (χ2v) is 5.38. The van der Waals surface area contributed by atoms with Gasteiger partial charge in [-0.3, -0.25) is 4.79 Å². The highest BCUT2D eigenvalue weighted by atomic mass is 16.1. The van der Waals surface area contributed by atoms with Gasteiger partial charge in [0.2, 0.25) is 5.91 Å². The molecule has 0 bridgehead atoms. The van der Waals surface area contributed by atoms with Crippen molar-refractivity contribution < 1.29 is 4.79 Å². The molecule has 0 aliphatic heterocycles. The van der Waals surface area contributed by atoms with Gasteiger partial charge in [0.1, 0.15) is 5.82 Å². The molecule has 21 heavy (non-hydrogen) atoms. The monoisotopic (exact) mass is 286 g/mol. The maximum atomic E-state index is 11.9. The van der Waals surface area contributed by atoms with Crippen LogP contribution in [0.1, 0.15) is 31.0 Å². The summed E-state index contributed by atoms with van der Waals surface area (Å²) in [7, 11) is 0. The molecular formula is C16H22N4O. The van der Waals surface area contributed by atoms with E-state index < -0.39 is 0 Å². The molecule has 0 fully saturated rings. The van der Waals surface area contributed by atoms with Gasteiger partial charge in [-0.25, -0.2) is 4.68 Å². The number of rotatable bonds is 6. The SMILES string of the molecule is Cc1cc(NC(=O)CCC(C)N)n(Cc2ccccc2)n1. The van der Waals surface area contributed by atoms with Crippen LogP contribution >= 0.6 is 0 Å². The van der Waals surface area contributed by atoms with E-state index in [-0.39, 0.29) is 11.9 Å². The van der Waals surface area contributed by atoms with Gasteiger partial charge in [0, 0.05) is 18.5 Å². The molecule has 112 valence electrons. The number of hydrogen-bond acceptors (Lipinski definition) is 3. The lowest BCUT2D eigenvalue weighted by Crippen LogP contribution is -2.20. The molecular weight excluding hydrogens is 264 g/mol. The van der Waals surface area contributed by atoms with Crippen molar-refractivity contribution in [3.63, 3.8) is 0 Å². The van der Waals surface area contributed by atoms with Crippen LogP contribution in [0.3, 0.4) is 0 Å². The minimum atomic E-state index is -0.0264. The van der Waals surface area contributed by atoms with Crippen molar-refractivity contribution in [2.75, 3.05) is 5.32 Å². The third-order valence-electron chi connectivity index (χ3n) is 3.17. The number of nitrogens with two attached hydrogens (primary N) is 1. The number of hydrogen-bond donors (Lipinski definition) is 2. The summed E-state index contributed by atoms with van der Waals surface area (Å²) in [5.41, 5.74) is 7.70. The van der Waals surface area contributed by atoms with Crippen LogP contribution in [-0.2, 0) is 11.3 Å². The zero-order chi connectivity index (χ0) is 15.2. The van der Waals surface area contributed by atoms with Crippen molar-refractivity contribution in [1.82, 2.24) is 9.78 Å². The quantitative estimate of drug-likeness (QED) is 0.856. The predicted molar refractivity (Wildman–Crippen MR) is 84.0 cm³/mol. The lowest BCUT2D eigenvalue weighted by molar-refractivity contribution is -0.116. The maximum Gasteiger partial charge on any atom is 0.225 e. The lowest BCUT2D eigenvalue weighted by atomic mass is 10.2. The highest BCUT2D eigenvalue weighted by Crippen LogP contribution is 2.13. The summed E-state index contributed by atoms with van der Waals surface area (Å²) < 4.78 is 1.81. The fourth-order valence-electron chi connectivity index (χ4n) is 2.09. The highest BCUT2D eigenvalue weighted by Gasteiger charge is 2.10. The Hall–Kier alpha value is -2.14. The van der Waals surface area contributed by atoms with Gasteiger partial charge in [0.25, 0.3) is 0 Å². The minimum Gasteiger partial charge on any atom is -0.328 e. The summed E-state index contributed by atoms with van der Waals surface area (Å²) in [5, 5.41) is 7.34. The molecule has 1 aromatic carbocycles. The van der Waals surface area contributed by atoms with Gasteiger partial charge in [-0.05, 0) is 25.8 Å². The fraction of sp³-hybridized carbons (Fsp3) is 0.375. The number of nitrogens with zero attached hydrogens (tertiary/aromatic N) is 2. The van der Waals surface area contributed by atoms with Crippen molar-refractivity contribution in [3.8, 4) is 0 Å². The van der Waals surface area contributed by atoms with Crippen LogP contribution in [0, 0.1) is 6.92 Å². The van der Waals surface area contributed by atoms with E-state index in [0.29, 0.717) is 19.4 Å². The molecule has 3 N–H and O–H groups in total. The predicted octanol–water partition coefficient (Wildman–Crippen LogP) is 2.31. The number of aromatic nitrogens is 2. The van der Waals surface area contributed by atoms with Gasteiger partial charge in [0.15, 0.2) is 0 Å². The molecule has 5 heteroatoms. The first-order valence-corrected chi connectivity index (χ1v) is 7.18. The van der Waals surface area contributed by atoms with Crippen LogP contribution in [0.5, 0.6) is 0 Å². The average Bonchev–Trinajstić information content (AvgIpc) is 2.77. The second kappa shape index (κ2) is 7.04. The molecule has 0 radical (unpaired) electrons. The van der Waals surface area contributed by atoms with E-state index >= 15 is 0 Å². The van der Waals surface area contributed by atoms with Crippen molar-refractivity contribution >= 4 is 11.7 Å². The van der Waals surface area contributed by atoms with Crippen LogP contribution in [0.2, 0.25) is 0 Å². The van der Waals surface area contributed by atoms with Crippen LogP contribution in [0.4, 0.5) is 5.82 Å². The van der Waals surface area contributed by atoms with Gasteiger partial charge < -0.3 is 11.1 Å². The van der Waals surface area contributed by atoms with E-state index in [1.54, 1.807) is 0 Å². The fourth-order valence-corrected chi connectivity index (χ4v) is 2.09. The summed E-state index contributed by atoms with van der Waals surface area (Å²) in [6.07, 6.45) is 1.10. The molecule has 2 rings (SSSR count). The van der Waals surface area contributed by atoms with E-state index in [1.807, 2.05) is 54.9 Å². The van der Waals surface area contributed by atoms with Crippen LogP contribution in [0.15, 0.2) is 36.4 Å². The normalized spacial score (nSPS) is 12.1. The van der Waals surface area contributed by atoms with Crippen LogP contribution in [-0.4, -0.2) is 21.7 Å². The Bertz CT molecular complexity index is 590. The number of carbonyl (C=O) groups is 1. The molecule has 5 nitrogen and oxygen atoms in total. The maximum absolute atomic E-state index is 11.9. The molecule has 1 unspecified atom stereocenters. The Morgan fingerprint density at radius 1 is 1.38 bits per heavy atom. The number of nitrogens with one attached hydrogen (secondary N) is 1. The topological polar surface area (TPSA) is 72.9 Å². The van der Waals surface area contributed by atoms with E-state index in [1.165, 1.54) is 0 Å². The molecule has 0 aliphatic rings. The summed E-state index contributed by atoms with van der Waals surface area (Å²) >= 11 is 0. The Morgan fingerprint density at radius 2 is 2.10 bits per heavy atom. The zero-order valence-electron chi connectivity index (χ0n) is 12.5. The molecule has 2 aromatic rings. The molecule has 0 spiro atoms. The number of benzene rings is 1. The van der Waals surface area contributed by atoms with Crippen molar-refractivity contribution in [2.24, 2.45) is 5.73 Å². The van der Waals surface area contributed by atoms with Gasteiger partial charge in [-0.1, -0.05) is 30.3 Å². The molecule has 1 aromatic heterocycles. The largest absolute Gasteiger partial charge is 0.328 e. The summed E-state index contributed by atoms with van der Waals surface area (Å²) in [6, 6.07) is 12.0. The van der Waals surface area contributed by atoms with Crippen molar-refractivity contribution in [3.05, 3.63) is 47.7 Å². The van der Waals surface area contributed by atoms with Crippen LogP contribution in [0.25, 0.3) is 0 Å². The Balaban J connectivity index is 2.05. The minimum absolute atomic E-state index is 0.0264. The molecule has 1 atom stereocenters. The first-order chi connectivity index (χ1) is 10.0. The number of amides is 1. The van der Waals surface area contributed by atoms with Gasteiger partial charge in [-0.15, -0.1) is 0 Å². The van der Waals surface area contributed by atoms with Gasteiger partial charge >= 0.3 is 0 Å². The second-order valence-electron chi connectivity index (χ2n) is 5.38. The molecule has 0 aliphatic carbocycles. The highest BCUT2D eigenvalue weighted by molar-refractivity contribution is 5.89. The lowest BCUT2D eigenvalue weighted by Gasteiger charge is -2.10. The molecule has 1 amide bonds.